The van der Waals surface area contributed by atoms with Crippen molar-refractivity contribution in [2.24, 2.45) is 0 Å². The van der Waals surface area contributed by atoms with E-state index in [1.165, 1.54) is 17.4 Å². The zero-order valence-corrected chi connectivity index (χ0v) is 13.1. The average molecular weight is 339 g/mol. The Labute approximate surface area is 130 Å². The largest absolute Gasteiger partial charge is 0.313 e. The maximum absolute atomic E-state index is 13.4. The zero-order chi connectivity index (χ0) is 14.0. The minimum absolute atomic E-state index is 0.0168. The average Bonchev–Trinajstić information content (AvgIpc) is 2.70. The van der Waals surface area contributed by atoms with Gasteiger partial charge in [0, 0.05) is 11.6 Å². The number of rotatable bonds is 4. The zero-order valence-electron chi connectivity index (χ0n) is 10.0. The molecule has 0 amide bonds. The normalized spacial score (nSPS) is 12.7. The number of nitrogens with one attached hydrogen (secondary N) is 1. The second kappa shape index (κ2) is 6.42. The number of hydrogen-bond donors (Lipinski definition) is 1. The number of halogens is 4. The molecular weight excluding hydrogens is 328 g/mol. The predicted molar refractivity (Wildman–Crippen MR) is 81.3 cm³/mol. The van der Waals surface area contributed by atoms with Crippen molar-refractivity contribution in [1.82, 2.24) is 5.32 Å². The van der Waals surface area contributed by atoms with Crippen LogP contribution in [0.4, 0.5) is 4.39 Å². The van der Waals surface area contributed by atoms with Crippen molar-refractivity contribution in [3.63, 3.8) is 0 Å². The van der Waals surface area contributed by atoms with Crippen molar-refractivity contribution in [3.8, 4) is 0 Å². The van der Waals surface area contributed by atoms with Crippen molar-refractivity contribution >= 4 is 46.1 Å². The van der Waals surface area contributed by atoms with Crippen LogP contribution in [0, 0.1) is 5.82 Å². The van der Waals surface area contributed by atoms with E-state index in [1.807, 2.05) is 13.1 Å². The Kier molecular flexibility index (Phi) is 5.09. The van der Waals surface area contributed by atoms with Crippen LogP contribution in [0.15, 0.2) is 24.3 Å². The summed E-state index contributed by atoms with van der Waals surface area (Å²) in [5, 5.41) is 3.29. The fourth-order valence-electron chi connectivity index (χ4n) is 1.86. The maximum Gasteiger partial charge on any atom is 0.142 e. The molecular formula is C13H11Cl3FNS. The molecule has 0 spiro atoms. The van der Waals surface area contributed by atoms with Crippen LogP contribution in [0.1, 0.15) is 17.2 Å². The summed E-state index contributed by atoms with van der Waals surface area (Å²) in [7, 11) is 1.83. The summed E-state index contributed by atoms with van der Waals surface area (Å²) in [6.07, 6.45) is 0.609. The highest BCUT2D eigenvalue weighted by molar-refractivity contribution is 7.20. The highest BCUT2D eigenvalue weighted by Gasteiger charge is 2.17. The van der Waals surface area contributed by atoms with Gasteiger partial charge in [0.2, 0.25) is 0 Å². The number of likely N-dealkylation sites (N-methyl/N-ethyl adjacent to an activating group) is 1. The van der Waals surface area contributed by atoms with Gasteiger partial charge >= 0.3 is 0 Å². The van der Waals surface area contributed by atoms with Crippen molar-refractivity contribution in [2.75, 3.05) is 7.05 Å². The van der Waals surface area contributed by atoms with Crippen LogP contribution < -0.4 is 5.32 Å². The van der Waals surface area contributed by atoms with E-state index in [9.17, 15) is 4.39 Å². The van der Waals surface area contributed by atoms with Gasteiger partial charge < -0.3 is 5.32 Å². The quantitative estimate of drug-likeness (QED) is 0.792. The Balaban J connectivity index is 2.23. The van der Waals surface area contributed by atoms with E-state index in [0.717, 1.165) is 11.1 Å². The summed E-state index contributed by atoms with van der Waals surface area (Å²) in [6, 6.07) is 6.62. The first-order valence-corrected chi connectivity index (χ1v) is 7.52. The summed E-state index contributed by atoms with van der Waals surface area (Å²) >= 11 is 19.1. The van der Waals surface area contributed by atoms with Gasteiger partial charge in [0.25, 0.3) is 0 Å². The minimum atomic E-state index is -0.413. The lowest BCUT2D eigenvalue weighted by Crippen LogP contribution is -2.18. The lowest BCUT2D eigenvalue weighted by molar-refractivity contribution is 0.586. The molecule has 2 aromatic rings. The molecule has 0 radical (unpaired) electrons. The topological polar surface area (TPSA) is 12.0 Å². The van der Waals surface area contributed by atoms with Crippen LogP contribution in [0.2, 0.25) is 13.7 Å². The van der Waals surface area contributed by atoms with Crippen LogP contribution in [-0.4, -0.2) is 7.05 Å². The van der Waals surface area contributed by atoms with Gasteiger partial charge in [-0.05, 0) is 37.2 Å². The second-order valence-electron chi connectivity index (χ2n) is 4.07. The Hall–Kier alpha value is -0.320. The van der Waals surface area contributed by atoms with E-state index < -0.39 is 5.82 Å². The third kappa shape index (κ3) is 3.61. The molecule has 1 N–H and O–H groups in total. The monoisotopic (exact) mass is 337 g/mol. The summed E-state index contributed by atoms with van der Waals surface area (Å²) in [5.74, 6) is -0.413. The Morgan fingerprint density at radius 2 is 2.00 bits per heavy atom. The molecule has 1 unspecified atom stereocenters. The Morgan fingerprint density at radius 1 is 1.26 bits per heavy atom. The maximum atomic E-state index is 13.4. The molecule has 1 nitrogen and oxygen atoms in total. The van der Waals surface area contributed by atoms with Crippen LogP contribution in [-0.2, 0) is 6.42 Å². The molecule has 0 fully saturated rings. The van der Waals surface area contributed by atoms with Gasteiger partial charge in [-0.1, -0.05) is 40.9 Å². The summed E-state index contributed by atoms with van der Waals surface area (Å²) in [4.78, 5) is 0. The number of benzene rings is 1. The first kappa shape index (κ1) is 15.1. The lowest BCUT2D eigenvalue weighted by atomic mass is 10.0. The second-order valence-corrected chi connectivity index (χ2v) is 6.77. The first-order valence-electron chi connectivity index (χ1n) is 5.57. The molecule has 0 aliphatic rings. The SMILES string of the molecule is CNC(Cc1ccc(Cl)c(F)c1)c1cc(Cl)sc1Cl. The highest BCUT2D eigenvalue weighted by Crippen LogP contribution is 2.36. The minimum Gasteiger partial charge on any atom is -0.313 e. The molecule has 1 aromatic heterocycles. The summed E-state index contributed by atoms with van der Waals surface area (Å²) < 4.78 is 14.7. The fraction of sp³-hybridized carbons (Fsp3) is 0.231. The summed E-state index contributed by atoms with van der Waals surface area (Å²) in [5.41, 5.74) is 1.77. The van der Waals surface area contributed by atoms with Gasteiger partial charge in [-0.15, -0.1) is 11.3 Å². The van der Waals surface area contributed by atoms with Gasteiger partial charge in [0.1, 0.15) is 5.82 Å². The van der Waals surface area contributed by atoms with Crippen molar-refractivity contribution < 1.29 is 4.39 Å². The van der Waals surface area contributed by atoms with Crippen LogP contribution >= 0.6 is 46.1 Å². The smallest absolute Gasteiger partial charge is 0.142 e. The van der Waals surface area contributed by atoms with E-state index >= 15 is 0 Å². The van der Waals surface area contributed by atoms with Crippen LogP contribution in [0.3, 0.4) is 0 Å². The highest BCUT2D eigenvalue weighted by atomic mass is 35.5. The lowest BCUT2D eigenvalue weighted by Gasteiger charge is -2.16. The fourth-order valence-corrected chi connectivity index (χ4v) is 3.56. The van der Waals surface area contributed by atoms with Crippen molar-refractivity contribution in [2.45, 2.75) is 12.5 Å². The third-order valence-corrected chi connectivity index (χ3v) is 4.66. The van der Waals surface area contributed by atoms with E-state index in [4.69, 9.17) is 34.8 Å². The molecule has 19 heavy (non-hydrogen) atoms. The Morgan fingerprint density at radius 3 is 2.53 bits per heavy atom. The van der Waals surface area contributed by atoms with E-state index in [1.54, 1.807) is 12.1 Å². The van der Waals surface area contributed by atoms with Gasteiger partial charge in [-0.2, -0.15) is 0 Å². The predicted octanol–water partition coefficient (Wildman–Crippen LogP) is 5.35. The standard InChI is InChI=1S/C13H11Cl3FNS/c1-18-11(8-6-12(15)19-13(8)16)5-7-2-3-9(14)10(17)4-7/h2-4,6,11,18H,5H2,1H3. The molecule has 0 aliphatic carbocycles. The van der Waals surface area contributed by atoms with Gasteiger partial charge in [0.05, 0.1) is 13.7 Å². The number of thiophene rings is 1. The first-order chi connectivity index (χ1) is 9.01. The third-order valence-electron chi connectivity index (χ3n) is 2.83. The molecule has 0 saturated heterocycles. The molecule has 1 atom stereocenters. The number of hydrogen-bond acceptors (Lipinski definition) is 2. The van der Waals surface area contributed by atoms with Gasteiger partial charge in [-0.3, -0.25) is 0 Å². The molecule has 1 aromatic carbocycles. The van der Waals surface area contributed by atoms with Crippen LogP contribution in [0.25, 0.3) is 0 Å². The van der Waals surface area contributed by atoms with Crippen LogP contribution in [0.5, 0.6) is 0 Å². The Bertz CT molecular complexity index is 585. The molecule has 102 valence electrons. The van der Waals surface area contributed by atoms with Gasteiger partial charge in [0.15, 0.2) is 0 Å². The van der Waals surface area contributed by atoms with Crippen molar-refractivity contribution in [3.05, 3.63) is 54.9 Å². The van der Waals surface area contributed by atoms with E-state index in [-0.39, 0.29) is 11.1 Å². The van der Waals surface area contributed by atoms with Crippen molar-refractivity contribution in [1.29, 1.82) is 0 Å². The molecule has 2 rings (SSSR count). The molecule has 1 heterocycles. The molecule has 0 aliphatic heterocycles. The molecule has 0 saturated carbocycles. The van der Waals surface area contributed by atoms with E-state index in [0.29, 0.717) is 15.1 Å². The molecule has 0 bridgehead atoms. The molecule has 6 heteroatoms. The van der Waals surface area contributed by atoms with E-state index in [2.05, 4.69) is 5.32 Å². The van der Waals surface area contributed by atoms with Gasteiger partial charge in [-0.25, -0.2) is 4.39 Å². The summed E-state index contributed by atoms with van der Waals surface area (Å²) in [6.45, 7) is 0.